The summed E-state index contributed by atoms with van der Waals surface area (Å²) >= 11 is 1.80. The second-order valence-electron chi connectivity index (χ2n) is 3.95. The second kappa shape index (κ2) is 6.93. The number of aliphatic hydroxyl groups is 1. The normalized spacial score (nSPS) is 15.0. The molecule has 4 nitrogen and oxygen atoms in total. The van der Waals surface area contributed by atoms with Gasteiger partial charge in [0.15, 0.2) is 0 Å². The highest BCUT2D eigenvalue weighted by Gasteiger charge is 2.15. The van der Waals surface area contributed by atoms with Gasteiger partial charge in [-0.2, -0.15) is 11.8 Å². The summed E-state index contributed by atoms with van der Waals surface area (Å²) in [5.74, 6) is 2.06. The number of hydrogen-bond donors (Lipinski definition) is 2. The first kappa shape index (κ1) is 13.5. The van der Waals surface area contributed by atoms with Crippen LogP contribution in [0, 0.1) is 0 Å². The average Bonchev–Trinajstić information content (AvgIpc) is 2.70. The fourth-order valence-corrected chi connectivity index (χ4v) is 2.23. The molecule has 0 amide bonds. The van der Waals surface area contributed by atoms with Crippen molar-refractivity contribution in [2.45, 2.75) is 25.4 Å². The summed E-state index contributed by atoms with van der Waals surface area (Å²) in [5.41, 5.74) is 0. The van der Waals surface area contributed by atoms with Crippen molar-refractivity contribution in [1.29, 1.82) is 0 Å². The van der Waals surface area contributed by atoms with E-state index >= 15 is 0 Å². The van der Waals surface area contributed by atoms with Crippen molar-refractivity contribution in [3.05, 3.63) is 18.2 Å². The molecule has 0 aliphatic heterocycles. The van der Waals surface area contributed by atoms with Gasteiger partial charge in [0, 0.05) is 25.5 Å². The molecule has 1 aromatic heterocycles. The number of hydrogen-bond acceptors (Lipinski definition) is 4. The van der Waals surface area contributed by atoms with E-state index in [0.717, 1.165) is 18.0 Å². The van der Waals surface area contributed by atoms with Crippen LogP contribution in [-0.4, -0.2) is 39.3 Å². The fraction of sp³-hybridized carbons (Fsp3) is 0.727. The number of thioether (sulfide) groups is 1. The SMILES string of the molecule is CSCCC(CO)NC(C)c1nccn1C. The number of aryl methyl sites for hydroxylation is 1. The minimum Gasteiger partial charge on any atom is -0.395 e. The van der Waals surface area contributed by atoms with Gasteiger partial charge in [-0.25, -0.2) is 4.98 Å². The molecule has 0 bridgehead atoms. The molecule has 1 rings (SSSR count). The van der Waals surface area contributed by atoms with Crippen LogP contribution in [0.15, 0.2) is 12.4 Å². The predicted molar refractivity (Wildman–Crippen MR) is 68.6 cm³/mol. The molecular weight excluding hydrogens is 222 g/mol. The van der Waals surface area contributed by atoms with Crippen molar-refractivity contribution in [2.75, 3.05) is 18.6 Å². The predicted octanol–water partition coefficient (Wildman–Crippen LogP) is 1.18. The van der Waals surface area contributed by atoms with Gasteiger partial charge in [0.25, 0.3) is 0 Å². The number of nitrogens with zero attached hydrogens (tertiary/aromatic N) is 2. The Hall–Kier alpha value is -0.520. The van der Waals surface area contributed by atoms with Crippen molar-refractivity contribution in [3.8, 4) is 0 Å². The summed E-state index contributed by atoms with van der Waals surface area (Å²) in [5, 5.41) is 12.7. The van der Waals surface area contributed by atoms with Crippen molar-refractivity contribution in [1.82, 2.24) is 14.9 Å². The molecule has 0 aliphatic rings. The van der Waals surface area contributed by atoms with Crippen LogP contribution >= 0.6 is 11.8 Å². The maximum atomic E-state index is 9.27. The fourth-order valence-electron chi connectivity index (χ4n) is 1.71. The lowest BCUT2D eigenvalue weighted by atomic mass is 10.2. The van der Waals surface area contributed by atoms with E-state index in [1.54, 1.807) is 18.0 Å². The van der Waals surface area contributed by atoms with Gasteiger partial charge < -0.3 is 15.0 Å². The minimum absolute atomic E-state index is 0.152. The average molecular weight is 243 g/mol. The third-order valence-electron chi connectivity index (χ3n) is 2.62. The Labute approximate surface area is 101 Å². The quantitative estimate of drug-likeness (QED) is 0.755. The van der Waals surface area contributed by atoms with Gasteiger partial charge in [-0.1, -0.05) is 0 Å². The smallest absolute Gasteiger partial charge is 0.125 e. The molecule has 0 aromatic carbocycles. The van der Waals surface area contributed by atoms with Gasteiger partial charge in [0.1, 0.15) is 5.82 Å². The summed E-state index contributed by atoms with van der Waals surface area (Å²) < 4.78 is 2.00. The molecule has 5 heteroatoms. The molecule has 0 saturated heterocycles. The molecule has 0 aliphatic carbocycles. The first-order valence-corrected chi connectivity index (χ1v) is 6.91. The van der Waals surface area contributed by atoms with Gasteiger partial charge in [-0.05, 0) is 25.4 Å². The summed E-state index contributed by atoms with van der Waals surface area (Å²) in [6, 6.07) is 0.318. The monoisotopic (exact) mass is 243 g/mol. The number of aliphatic hydroxyl groups excluding tert-OH is 1. The van der Waals surface area contributed by atoms with Crippen LogP contribution in [0.3, 0.4) is 0 Å². The molecular formula is C11H21N3OS. The van der Waals surface area contributed by atoms with E-state index in [-0.39, 0.29) is 18.7 Å². The van der Waals surface area contributed by atoms with Crippen LogP contribution in [0.4, 0.5) is 0 Å². The van der Waals surface area contributed by atoms with E-state index in [2.05, 4.69) is 23.5 Å². The Kier molecular flexibility index (Phi) is 5.87. The number of rotatable bonds is 7. The molecule has 0 radical (unpaired) electrons. The second-order valence-corrected chi connectivity index (χ2v) is 4.93. The third-order valence-corrected chi connectivity index (χ3v) is 3.27. The minimum atomic E-state index is 0.152. The first-order chi connectivity index (χ1) is 7.69. The summed E-state index contributed by atoms with van der Waals surface area (Å²) in [4.78, 5) is 4.30. The van der Waals surface area contributed by atoms with Gasteiger partial charge in [-0.3, -0.25) is 0 Å². The zero-order valence-electron chi connectivity index (χ0n) is 10.2. The van der Waals surface area contributed by atoms with Gasteiger partial charge in [0.2, 0.25) is 0 Å². The van der Waals surface area contributed by atoms with Gasteiger partial charge in [0.05, 0.1) is 12.6 Å². The van der Waals surface area contributed by atoms with Crippen LogP contribution < -0.4 is 5.32 Å². The van der Waals surface area contributed by atoms with E-state index in [1.165, 1.54) is 0 Å². The molecule has 2 N–H and O–H groups in total. The van der Waals surface area contributed by atoms with Gasteiger partial charge in [-0.15, -0.1) is 0 Å². The van der Waals surface area contributed by atoms with Crippen molar-refractivity contribution in [3.63, 3.8) is 0 Å². The summed E-state index contributed by atoms with van der Waals surface area (Å²) in [6.07, 6.45) is 6.79. The largest absolute Gasteiger partial charge is 0.395 e. The third kappa shape index (κ3) is 3.81. The molecule has 2 atom stereocenters. The highest BCUT2D eigenvalue weighted by Crippen LogP contribution is 2.11. The van der Waals surface area contributed by atoms with E-state index < -0.39 is 0 Å². The molecule has 92 valence electrons. The zero-order valence-corrected chi connectivity index (χ0v) is 11.0. The molecule has 0 saturated carbocycles. The molecule has 1 aromatic rings. The maximum absolute atomic E-state index is 9.27. The number of imidazole rings is 1. The molecule has 1 heterocycles. The Morgan fingerprint density at radius 3 is 2.88 bits per heavy atom. The maximum Gasteiger partial charge on any atom is 0.125 e. The van der Waals surface area contributed by atoms with Crippen LogP contribution in [0.5, 0.6) is 0 Å². The van der Waals surface area contributed by atoms with Crippen LogP contribution in [0.1, 0.15) is 25.2 Å². The van der Waals surface area contributed by atoms with E-state index in [1.807, 2.05) is 17.8 Å². The highest BCUT2D eigenvalue weighted by molar-refractivity contribution is 7.98. The Bertz CT molecular complexity index is 303. The van der Waals surface area contributed by atoms with Crippen molar-refractivity contribution in [2.24, 2.45) is 7.05 Å². The lowest BCUT2D eigenvalue weighted by molar-refractivity contribution is 0.229. The molecule has 2 unspecified atom stereocenters. The highest BCUT2D eigenvalue weighted by atomic mass is 32.2. The zero-order chi connectivity index (χ0) is 12.0. The molecule has 0 spiro atoms. The van der Waals surface area contributed by atoms with Gasteiger partial charge >= 0.3 is 0 Å². The van der Waals surface area contributed by atoms with E-state index in [9.17, 15) is 5.11 Å². The molecule has 16 heavy (non-hydrogen) atoms. The topological polar surface area (TPSA) is 50.1 Å². The van der Waals surface area contributed by atoms with E-state index in [4.69, 9.17) is 0 Å². The van der Waals surface area contributed by atoms with Crippen LogP contribution in [0.2, 0.25) is 0 Å². The Balaban J connectivity index is 2.48. The Morgan fingerprint density at radius 1 is 1.62 bits per heavy atom. The standard InChI is InChI=1S/C11H21N3OS/c1-9(11-12-5-6-14(11)2)13-10(8-15)4-7-16-3/h5-6,9-10,13,15H,4,7-8H2,1-3H3. The lowest BCUT2D eigenvalue weighted by Gasteiger charge is -2.21. The summed E-state index contributed by atoms with van der Waals surface area (Å²) in [6.45, 7) is 2.25. The van der Waals surface area contributed by atoms with Crippen molar-refractivity contribution < 1.29 is 5.11 Å². The number of aromatic nitrogens is 2. The van der Waals surface area contributed by atoms with Crippen LogP contribution in [-0.2, 0) is 7.05 Å². The van der Waals surface area contributed by atoms with Crippen LogP contribution in [0.25, 0.3) is 0 Å². The lowest BCUT2D eigenvalue weighted by Crippen LogP contribution is -2.36. The summed E-state index contributed by atoms with van der Waals surface area (Å²) in [7, 11) is 1.98. The Morgan fingerprint density at radius 2 is 2.38 bits per heavy atom. The molecule has 0 fully saturated rings. The first-order valence-electron chi connectivity index (χ1n) is 5.52. The van der Waals surface area contributed by atoms with Crippen molar-refractivity contribution >= 4 is 11.8 Å². The number of nitrogens with one attached hydrogen (secondary N) is 1. The van der Waals surface area contributed by atoms with E-state index in [0.29, 0.717) is 0 Å².